The number of benzene rings is 2. The summed E-state index contributed by atoms with van der Waals surface area (Å²) in [5, 5.41) is 8.19. The summed E-state index contributed by atoms with van der Waals surface area (Å²) < 4.78 is 0. The lowest BCUT2D eigenvalue weighted by Crippen LogP contribution is -2.00. The van der Waals surface area contributed by atoms with Crippen LogP contribution in [0.15, 0.2) is 46.7 Å². The molecule has 4 nitrogen and oxygen atoms in total. The maximum absolute atomic E-state index is 5.19. The lowest BCUT2D eigenvalue weighted by Gasteiger charge is -2.13. The van der Waals surface area contributed by atoms with Gasteiger partial charge in [0.1, 0.15) is 13.7 Å². The molecule has 0 amide bonds. The second kappa shape index (κ2) is 8.47. The molecule has 25 heavy (non-hydrogen) atoms. The number of hydrogen-bond donors (Lipinski definition) is 0. The van der Waals surface area contributed by atoms with E-state index < -0.39 is 0 Å². The Morgan fingerprint density at radius 2 is 1.32 bits per heavy atom. The van der Waals surface area contributed by atoms with Crippen molar-refractivity contribution in [3.63, 3.8) is 0 Å². The fourth-order valence-corrected chi connectivity index (χ4v) is 2.68. The van der Waals surface area contributed by atoms with E-state index in [9.17, 15) is 0 Å². The molecule has 0 N–H and O–H groups in total. The van der Waals surface area contributed by atoms with E-state index in [1.807, 2.05) is 20.8 Å². The Hall–Kier alpha value is -2.62. The second-order valence-corrected chi connectivity index (χ2v) is 6.01. The van der Waals surface area contributed by atoms with Gasteiger partial charge in [-0.2, -0.15) is 0 Å². The molecule has 0 aliphatic heterocycles. The molecule has 4 heteroatoms. The maximum atomic E-state index is 5.19. The molecule has 0 fully saturated rings. The van der Waals surface area contributed by atoms with Gasteiger partial charge in [-0.25, -0.2) is 0 Å². The molecule has 0 bridgehead atoms. The van der Waals surface area contributed by atoms with Gasteiger partial charge in [-0.05, 0) is 80.1 Å². The second-order valence-electron chi connectivity index (χ2n) is 6.01. The summed E-state index contributed by atoms with van der Waals surface area (Å²) >= 11 is 0. The van der Waals surface area contributed by atoms with Gasteiger partial charge in [0.05, 0.1) is 11.4 Å². The monoisotopic (exact) mass is 338 g/mol. The number of oxime groups is 2. The highest BCUT2D eigenvalue weighted by Crippen LogP contribution is 2.29. The zero-order chi connectivity index (χ0) is 18.4. The van der Waals surface area contributed by atoms with E-state index in [0.717, 1.165) is 22.6 Å². The first-order valence-electron chi connectivity index (χ1n) is 8.44. The summed E-state index contributed by atoms with van der Waals surface area (Å²) in [5.74, 6) is 0. The van der Waals surface area contributed by atoms with Crippen molar-refractivity contribution in [3.8, 4) is 11.1 Å². The summed E-state index contributed by atoms with van der Waals surface area (Å²) in [4.78, 5) is 10.1. The maximum Gasteiger partial charge on any atom is 0.114 e. The molecule has 2 rings (SSSR count). The van der Waals surface area contributed by atoms with Gasteiger partial charge in [0.15, 0.2) is 0 Å². The lowest BCUT2D eigenvalue weighted by atomic mass is 9.92. The molecule has 0 radical (unpaired) electrons. The first kappa shape index (κ1) is 18.7. The van der Waals surface area contributed by atoms with Crippen LogP contribution in [0.5, 0.6) is 0 Å². The van der Waals surface area contributed by atoms with Gasteiger partial charge in [0.25, 0.3) is 0 Å². The minimum Gasteiger partial charge on any atom is -0.399 e. The molecule has 0 aromatic heterocycles. The molecule has 0 aliphatic rings. The first-order chi connectivity index (χ1) is 12.0. The first-order valence-corrected chi connectivity index (χ1v) is 8.44. The number of hydrogen-bond acceptors (Lipinski definition) is 4. The van der Waals surface area contributed by atoms with Crippen molar-refractivity contribution >= 4 is 11.4 Å². The Morgan fingerprint density at radius 1 is 0.840 bits per heavy atom. The van der Waals surface area contributed by atoms with Gasteiger partial charge in [0, 0.05) is 0 Å². The van der Waals surface area contributed by atoms with Gasteiger partial charge in [-0.1, -0.05) is 34.6 Å². The number of aryl methyl sites for hydroxylation is 2. The van der Waals surface area contributed by atoms with Gasteiger partial charge >= 0.3 is 0 Å². The predicted molar refractivity (Wildman–Crippen MR) is 104 cm³/mol. The van der Waals surface area contributed by atoms with E-state index in [-0.39, 0.29) is 0 Å². The van der Waals surface area contributed by atoms with Crippen LogP contribution in [0.3, 0.4) is 0 Å². The minimum atomic E-state index is 0.565. The van der Waals surface area contributed by atoms with Gasteiger partial charge in [0.2, 0.25) is 0 Å². The minimum absolute atomic E-state index is 0.565. The van der Waals surface area contributed by atoms with Crippen molar-refractivity contribution in [2.45, 2.75) is 34.6 Å². The SMILES string of the molecule is CCO/N=C(\C)c1ccc(C)c(-c2cc(/C(C)=N/OC)ccc2C)c1. The third kappa shape index (κ3) is 4.47. The summed E-state index contributed by atoms with van der Waals surface area (Å²) in [6.45, 7) is 10.6. The molecule has 0 saturated heterocycles. The standard InChI is InChI=1S/C21H26N2O2/c1-7-25-23-17(5)19-11-9-15(3)21(13-19)20-12-18(10-8-14(20)2)16(4)22-24-6/h8-13H,7H2,1-6H3/b22-16+,23-17+. The molecular formula is C21H26N2O2. The predicted octanol–water partition coefficient (Wildman–Crippen LogP) is 5.10. The van der Waals surface area contributed by atoms with Crippen molar-refractivity contribution in [1.29, 1.82) is 0 Å². The Morgan fingerprint density at radius 3 is 1.76 bits per heavy atom. The van der Waals surface area contributed by atoms with Crippen molar-refractivity contribution in [1.82, 2.24) is 0 Å². The van der Waals surface area contributed by atoms with Gasteiger partial charge in [-0.3, -0.25) is 0 Å². The highest BCUT2D eigenvalue weighted by molar-refractivity contribution is 6.01. The molecule has 0 aliphatic carbocycles. The highest BCUT2D eigenvalue weighted by Gasteiger charge is 2.10. The Kier molecular flexibility index (Phi) is 6.34. The van der Waals surface area contributed by atoms with E-state index in [1.54, 1.807) is 7.11 Å². The van der Waals surface area contributed by atoms with Crippen LogP contribution in [0.4, 0.5) is 0 Å². The average molecular weight is 338 g/mol. The van der Waals surface area contributed by atoms with Crippen LogP contribution in [0.2, 0.25) is 0 Å². The van der Waals surface area contributed by atoms with Crippen LogP contribution in [0.25, 0.3) is 11.1 Å². The zero-order valence-electron chi connectivity index (χ0n) is 15.9. The molecule has 0 saturated carbocycles. The number of rotatable bonds is 6. The quantitative estimate of drug-likeness (QED) is 0.543. The molecule has 132 valence electrons. The van der Waals surface area contributed by atoms with Crippen molar-refractivity contribution in [3.05, 3.63) is 58.7 Å². The number of nitrogens with zero attached hydrogens (tertiary/aromatic N) is 2. The summed E-state index contributed by atoms with van der Waals surface area (Å²) in [5.41, 5.74) is 8.64. The van der Waals surface area contributed by atoms with Crippen molar-refractivity contribution in [2.75, 3.05) is 13.7 Å². The molecule has 0 heterocycles. The smallest absolute Gasteiger partial charge is 0.114 e. The topological polar surface area (TPSA) is 43.2 Å². The van der Waals surface area contributed by atoms with E-state index >= 15 is 0 Å². The van der Waals surface area contributed by atoms with Crippen molar-refractivity contribution < 1.29 is 9.68 Å². The van der Waals surface area contributed by atoms with Crippen LogP contribution < -0.4 is 0 Å². The fraction of sp³-hybridized carbons (Fsp3) is 0.333. The third-order valence-electron chi connectivity index (χ3n) is 4.16. The molecule has 2 aromatic carbocycles. The largest absolute Gasteiger partial charge is 0.399 e. The van der Waals surface area contributed by atoms with Crippen molar-refractivity contribution in [2.24, 2.45) is 10.3 Å². The zero-order valence-corrected chi connectivity index (χ0v) is 15.9. The molecule has 0 unspecified atom stereocenters. The molecule has 0 atom stereocenters. The van der Waals surface area contributed by atoms with Gasteiger partial charge < -0.3 is 9.68 Å². The molecule has 2 aromatic rings. The van der Waals surface area contributed by atoms with E-state index in [1.165, 1.54) is 22.3 Å². The average Bonchev–Trinajstić information content (AvgIpc) is 2.61. The Labute approximate surface area is 150 Å². The Balaban J connectivity index is 2.54. The normalized spacial score (nSPS) is 12.2. The fourth-order valence-electron chi connectivity index (χ4n) is 2.68. The van der Waals surface area contributed by atoms with E-state index in [2.05, 4.69) is 60.6 Å². The lowest BCUT2D eigenvalue weighted by molar-refractivity contribution is 0.159. The summed E-state index contributed by atoms with van der Waals surface area (Å²) in [6, 6.07) is 12.7. The van der Waals surface area contributed by atoms with Crippen LogP contribution in [0.1, 0.15) is 43.0 Å². The van der Waals surface area contributed by atoms with E-state index in [4.69, 9.17) is 9.68 Å². The van der Waals surface area contributed by atoms with Gasteiger partial charge in [-0.15, -0.1) is 0 Å². The highest BCUT2D eigenvalue weighted by atomic mass is 16.6. The molecule has 0 spiro atoms. The molecular weight excluding hydrogens is 312 g/mol. The third-order valence-corrected chi connectivity index (χ3v) is 4.16. The van der Waals surface area contributed by atoms with Crippen LogP contribution >= 0.6 is 0 Å². The van der Waals surface area contributed by atoms with Crippen LogP contribution in [-0.4, -0.2) is 25.1 Å². The van der Waals surface area contributed by atoms with Crippen LogP contribution in [-0.2, 0) is 9.68 Å². The van der Waals surface area contributed by atoms with Crippen LogP contribution in [0, 0.1) is 13.8 Å². The summed E-state index contributed by atoms with van der Waals surface area (Å²) in [7, 11) is 1.56. The van der Waals surface area contributed by atoms with E-state index in [0.29, 0.717) is 6.61 Å². The summed E-state index contributed by atoms with van der Waals surface area (Å²) in [6.07, 6.45) is 0. The Bertz CT molecular complexity index is 808.